The van der Waals surface area contributed by atoms with E-state index in [1.807, 2.05) is 11.9 Å². The van der Waals surface area contributed by atoms with E-state index in [1.165, 1.54) is 12.1 Å². The van der Waals surface area contributed by atoms with E-state index < -0.39 is 0 Å². The Balaban J connectivity index is 1.77. The van der Waals surface area contributed by atoms with Gasteiger partial charge in [0, 0.05) is 18.7 Å². The third kappa shape index (κ3) is 2.65. The van der Waals surface area contributed by atoms with Gasteiger partial charge >= 0.3 is 6.01 Å². The van der Waals surface area contributed by atoms with E-state index in [4.69, 9.17) is 4.52 Å². The second kappa shape index (κ2) is 5.58. The summed E-state index contributed by atoms with van der Waals surface area (Å²) in [5, 5.41) is 7.29. The molecule has 2 heterocycles. The molecular weight excluding hydrogens is 259 g/mol. The molecule has 0 atom stereocenters. The number of benzene rings is 1. The van der Waals surface area contributed by atoms with Crippen LogP contribution in [-0.4, -0.2) is 36.3 Å². The molecular formula is C14H17FN4O. The van der Waals surface area contributed by atoms with E-state index in [-0.39, 0.29) is 5.82 Å². The molecule has 0 amide bonds. The summed E-state index contributed by atoms with van der Waals surface area (Å²) in [6.07, 6.45) is 2.12. The molecule has 3 rings (SSSR count). The highest BCUT2D eigenvalue weighted by Crippen LogP contribution is 2.22. The third-order valence-corrected chi connectivity index (χ3v) is 3.68. The Morgan fingerprint density at radius 1 is 1.25 bits per heavy atom. The summed E-state index contributed by atoms with van der Waals surface area (Å²) in [6.45, 7) is 2.02. The first-order valence-electron chi connectivity index (χ1n) is 6.77. The van der Waals surface area contributed by atoms with Crippen molar-refractivity contribution < 1.29 is 8.91 Å². The molecule has 0 bridgehead atoms. The quantitative estimate of drug-likeness (QED) is 0.930. The van der Waals surface area contributed by atoms with Gasteiger partial charge in [0.2, 0.25) is 5.82 Å². The predicted molar refractivity (Wildman–Crippen MR) is 74.0 cm³/mol. The smallest absolute Gasteiger partial charge is 0.324 e. The molecule has 20 heavy (non-hydrogen) atoms. The molecule has 1 aliphatic heterocycles. The highest BCUT2D eigenvalue weighted by atomic mass is 19.1. The van der Waals surface area contributed by atoms with Crippen molar-refractivity contribution in [3.63, 3.8) is 0 Å². The highest BCUT2D eigenvalue weighted by Gasteiger charge is 2.22. The number of nitrogens with one attached hydrogen (secondary N) is 1. The molecule has 1 N–H and O–H groups in total. The number of halogens is 1. The number of anilines is 1. The molecule has 1 fully saturated rings. The van der Waals surface area contributed by atoms with Crippen LogP contribution < -0.4 is 10.2 Å². The largest absolute Gasteiger partial charge is 0.324 e. The molecule has 2 aromatic rings. The molecule has 1 saturated heterocycles. The predicted octanol–water partition coefficient (Wildman–Crippen LogP) is 2.06. The Morgan fingerprint density at radius 3 is 2.65 bits per heavy atom. The first-order valence-corrected chi connectivity index (χ1v) is 6.77. The van der Waals surface area contributed by atoms with E-state index in [1.54, 1.807) is 12.1 Å². The minimum atomic E-state index is -0.274. The lowest BCUT2D eigenvalue weighted by atomic mass is 10.1. The van der Waals surface area contributed by atoms with Gasteiger partial charge in [0.1, 0.15) is 5.82 Å². The van der Waals surface area contributed by atoms with Gasteiger partial charge in [-0.1, -0.05) is 5.16 Å². The number of hydrogen-bond acceptors (Lipinski definition) is 5. The van der Waals surface area contributed by atoms with Crippen LogP contribution in [-0.2, 0) is 0 Å². The van der Waals surface area contributed by atoms with Crippen molar-refractivity contribution >= 4 is 6.01 Å². The zero-order valence-corrected chi connectivity index (χ0v) is 11.3. The standard InChI is InChI=1S/C14H17FN4O/c1-19(12-6-8-16-9-7-12)14-17-13(18-20-14)10-2-4-11(15)5-3-10/h2-5,12,16H,6-9H2,1H3. The summed E-state index contributed by atoms with van der Waals surface area (Å²) >= 11 is 0. The fourth-order valence-electron chi connectivity index (χ4n) is 2.43. The van der Waals surface area contributed by atoms with Crippen molar-refractivity contribution in [3.8, 4) is 11.4 Å². The Kier molecular flexibility index (Phi) is 3.64. The van der Waals surface area contributed by atoms with Gasteiger partial charge in [-0.2, -0.15) is 4.98 Å². The lowest BCUT2D eigenvalue weighted by molar-refractivity contribution is 0.380. The van der Waals surface area contributed by atoms with Gasteiger partial charge in [0.25, 0.3) is 0 Å². The first kappa shape index (κ1) is 13.1. The Morgan fingerprint density at radius 2 is 1.95 bits per heavy atom. The Hall–Kier alpha value is -1.95. The van der Waals surface area contributed by atoms with Crippen LogP contribution in [0.15, 0.2) is 28.8 Å². The molecule has 5 nitrogen and oxygen atoms in total. The molecule has 1 aromatic heterocycles. The zero-order valence-electron chi connectivity index (χ0n) is 11.3. The van der Waals surface area contributed by atoms with Gasteiger partial charge < -0.3 is 14.7 Å². The van der Waals surface area contributed by atoms with Gasteiger partial charge in [-0.15, -0.1) is 0 Å². The normalized spacial score (nSPS) is 16.3. The summed E-state index contributed by atoms with van der Waals surface area (Å²) in [5.41, 5.74) is 0.750. The maximum Gasteiger partial charge on any atom is 0.324 e. The number of rotatable bonds is 3. The minimum Gasteiger partial charge on any atom is -0.324 e. The molecule has 1 aliphatic rings. The van der Waals surface area contributed by atoms with Crippen LogP contribution >= 0.6 is 0 Å². The van der Waals surface area contributed by atoms with Crippen molar-refractivity contribution in [2.45, 2.75) is 18.9 Å². The van der Waals surface area contributed by atoms with Crippen LogP contribution in [0.2, 0.25) is 0 Å². The minimum absolute atomic E-state index is 0.274. The number of aromatic nitrogens is 2. The van der Waals surface area contributed by atoms with Crippen LogP contribution in [0.3, 0.4) is 0 Å². The number of hydrogen-bond donors (Lipinski definition) is 1. The maximum atomic E-state index is 12.9. The average molecular weight is 276 g/mol. The van der Waals surface area contributed by atoms with Gasteiger partial charge in [-0.05, 0) is 50.2 Å². The number of nitrogens with zero attached hydrogens (tertiary/aromatic N) is 3. The summed E-state index contributed by atoms with van der Waals surface area (Å²) in [7, 11) is 1.97. The summed E-state index contributed by atoms with van der Waals surface area (Å²) in [6, 6.07) is 7.00. The summed E-state index contributed by atoms with van der Waals surface area (Å²) in [4.78, 5) is 6.42. The molecule has 1 aromatic carbocycles. The fraction of sp³-hybridized carbons (Fsp3) is 0.429. The average Bonchev–Trinajstić information content (AvgIpc) is 2.98. The highest BCUT2D eigenvalue weighted by molar-refractivity contribution is 5.55. The van der Waals surface area contributed by atoms with Gasteiger partial charge in [0.15, 0.2) is 0 Å². The summed E-state index contributed by atoms with van der Waals surface area (Å²) < 4.78 is 18.2. The Labute approximate surface area is 116 Å². The van der Waals surface area contributed by atoms with Crippen LogP contribution in [0.25, 0.3) is 11.4 Å². The topological polar surface area (TPSA) is 54.2 Å². The molecule has 0 spiro atoms. The van der Waals surface area contributed by atoms with Crippen molar-refractivity contribution in [1.29, 1.82) is 0 Å². The second-order valence-corrected chi connectivity index (χ2v) is 5.00. The van der Waals surface area contributed by atoms with E-state index >= 15 is 0 Å². The molecule has 0 saturated carbocycles. The summed E-state index contributed by atoms with van der Waals surface area (Å²) in [5.74, 6) is 0.213. The Bertz CT molecular complexity index is 563. The maximum absolute atomic E-state index is 12.9. The lowest BCUT2D eigenvalue weighted by Crippen LogP contribution is -2.41. The van der Waals surface area contributed by atoms with Crippen molar-refractivity contribution in [2.75, 3.05) is 25.0 Å². The van der Waals surface area contributed by atoms with Gasteiger partial charge in [-0.25, -0.2) is 4.39 Å². The van der Waals surface area contributed by atoms with Crippen molar-refractivity contribution in [3.05, 3.63) is 30.1 Å². The van der Waals surface area contributed by atoms with Crippen LogP contribution in [0.5, 0.6) is 0 Å². The third-order valence-electron chi connectivity index (χ3n) is 3.68. The van der Waals surface area contributed by atoms with Crippen LogP contribution in [0, 0.1) is 5.82 Å². The van der Waals surface area contributed by atoms with E-state index in [0.717, 1.165) is 31.5 Å². The SMILES string of the molecule is CN(c1nc(-c2ccc(F)cc2)no1)C1CCNCC1. The van der Waals surface area contributed by atoms with E-state index in [0.29, 0.717) is 17.9 Å². The van der Waals surface area contributed by atoms with Crippen LogP contribution in [0.1, 0.15) is 12.8 Å². The van der Waals surface area contributed by atoms with Crippen molar-refractivity contribution in [1.82, 2.24) is 15.5 Å². The zero-order chi connectivity index (χ0) is 13.9. The lowest BCUT2D eigenvalue weighted by Gasteiger charge is -2.29. The molecule has 0 unspecified atom stereocenters. The van der Waals surface area contributed by atoms with E-state index in [2.05, 4.69) is 15.5 Å². The first-order chi connectivity index (χ1) is 9.74. The molecule has 106 valence electrons. The molecule has 0 aliphatic carbocycles. The molecule has 6 heteroatoms. The number of piperidine rings is 1. The van der Waals surface area contributed by atoms with Crippen LogP contribution in [0.4, 0.5) is 10.4 Å². The van der Waals surface area contributed by atoms with E-state index in [9.17, 15) is 4.39 Å². The molecule has 0 radical (unpaired) electrons. The monoisotopic (exact) mass is 276 g/mol. The van der Waals surface area contributed by atoms with Gasteiger partial charge in [-0.3, -0.25) is 0 Å². The van der Waals surface area contributed by atoms with Gasteiger partial charge in [0.05, 0.1) is 0 Å². The second-order valence-electron chi connectivity index (χ2n) is 5.00. The fourth-order valence-corrected chi connectivity index (χ4v) is 2.43. The van der Waals surface area contributed by atoms with Crippen molar-refractivity contribution in [2.24, 2.45) is 0 Å².